The van der Waals surface area contributed by atoms with Crippen molar-refractivity contribution >= 4 is 38.9 Å². The highest BCUT2D eigenvalue weighted by Crippen LogP contribution is 2.27. The van der Waals surface area contributed by atoms with Crippen LogP contribution in [-0.2, 0) is 10.0 Å². The normalized spacial score (nSPS) is 11.0. The van der Waals surface area contributed by atoms with Crippen molar-refractivity contribution in [1.82, 2.24) is 0 Å². The van der Waals surface area contributed by atoms with Gasteiger partial charge in [-0.15, -0.1) is 0 Å². The van der Waals surface area contributed by atoms with E-state index in [1.165, 1.54) is 7.05 Å². The summed E-state index contributed by atoms with van der Waals surface area (Å²) in [6, 6.07) is 13.3. The predicted molar refractivity (Wildman–Crippen MR) is 89.1 cm³/mol. The molecular formula is C15H15ClN2O3S. The Labute approximate surface area is 134 Å². The number of amides is 1. The molecule has 0 saturated carbocycles. The summed E-state index contributed by atoms with van der Waals surface area (Å²) in [5, 5.41) is 3.02. The first kappa shape index (κ1) is 16.3. The number of sulfonamides is 1. The first-order valence-corrected chi connectivity index (χ1v) is 8.62. The number of hydrogen-bond acceptors (Lipinski definition) is 3. The molecule has 0 aliphatic heterocycles. The van der Waals surface area contributed by atoms with E-state index >= 15 is 0 Å². The molecule has 0 saturated heterocycles. The Morgan fingerprint density at radius 3 is 2.32 bits per heavy atom. The molecule has 2 rings (SSSR count). The highest BCUT2D eigenvalue weighted by Gasteiger charge is 2.17. The largest absolute Gasteiger partial charge is 0.320 e. The summed E-state index contributed by atoms with van der Waals surface area (Å²) in [5.41, 5.74) is 1.09. The molecule has 22 heavy (non-hydrogen) atoms. The van der Waals surface area contributed by atoms with Crippen LogP contribution in [0.4, 0.5) is 11.4 Å². The average Bonchev–Trinajstić information content (AvgIpc) is 2.46. The zero-order valence-corrected chi connectivity index (χ0v) is 13.6. The third kappa shape index (κ3) is 3.58. The van der Waals surface area contributed by atoms with E-state index in [2.05, 4.69) is 5.32 Å². The fraction of sp³-hybridized carbons (Fsp3) is 0.133. The first-order valence-electron chi connectivity index (χ1n) is 6.39. The van der Waals surface area contributed by atoms with Crippen molar-refractivity contribution in [3.63, 3.8) is 0 Å². The minimum absolute atomic E-state index is 0.320. The number of carbonyl (C=O) groups is 1. The Hall–Kier alpha value is -2.05. The summed E-state index contributed by atoms with van der Waals surface area (Å²) in [6.07, 6.45) is 1.10. The third-order valence-corrected chi connectivity index (χ3v) is 4.63. The van der Waals surface area contributed by atoms with Crippen molar-refractivity contribution in [3.8, 4) is 0 Å². The number of rotatable bonds is 4. The van der Waals surface area contributed by atoms with Crippen LogP contribution in [0.2, 0.25) is 5.02 Å². The molecule has 2 aromatic rings. The van der Waals surface area contributed by atoms with Gasteiger partial charge in [0.15, 0.2) is 0 Å². The lowest BCUT2D eigenvalue weighted by Crippen LogP contribution is -2.26. The van der Waals surface area contributed by atoms with Crippen molar-refractivity contribution in [2.24, 2.45) is 0 Å². The highest BCUT2D eigenvalue weighted by molar-refractivity contribution is 7.92. The van der Waals surface area contributed by atoms with Crippen LogP contribution in [0.5, 0.6) is 0 Å². The number of nitrogens with one attached hydrogen (secondary N) is 1. The van der Waals surface area contributed by atoms with Gasteiger partial charge < -0.3 is 5.32 Å². The molecule has 0 spiro atoms. The second-order valence-electron chi connectivity index (χ2n) is 4.68. The van der Waals surface area contributed by atoms with Crippen LogP contribution in [0, 0.1) is 0 Å². The quantitative estimate of drug-likeness (QED) is 0.932. The lowest BCUT2D eigenvalue weighted by Gasteiger charge is -2.20. The van der Waals surface area contributed by atoms with Gasteiger partial charge in [-0.25, -0.2) is 8.42 Å². The topological polar surface area (TPSA) is 66.5 Å². The second-order valence-corrected chi connectivity index (χ2v) is 7.10. The number of para-hydroxylation sites is 2. The first-order chi connectivity index (χ1) is 10.3. The Kier molecular flexibility index (Phi) is 4.73. The van der Waals surface area contributed by atoms with E-state index in [4.69, 9.17) is 11.6 Å². The number of benzene rings is 2. The van der Waals surface area contributed by atoms with Crippen LogP contribution in [-0.4, -0.2) is 27.6 Å². The van der Waals surface area contributed by atoms with Gasteiger partial charge in [0.25, 0.3) is 5.91 Å². The zero-order chi connectivity index (χ0) is 16.3. The van der Waals surface area contributed by atoms with Gasteiger partial charge in [-0.05, 0) is 24.3 Å². The fourth-order valence-corrected chi connectivity index (χ4v) is 2.61. The van der Waals surface area contributed by atoms with Crippen LogP contribution in [0.1, 0.15) is 10.4 Å². The van der Waals surface area contributed by atoms with E-state index in [1.54, 1.807) is 48.5 Å². The molecule has 1 N–H and O–H groups in total. The number of anilines is 2. The van der Waals surface area contributed by atoms with E-state index in [1.807, 2.05) is 0 Å². The van der Waals surface area contributed by atoms with Gasteiger partial charge in [0.1, 0.15) is 0 Å². The standard InChI is InChI=1S/C15H15ClN2O3S/c1-18(22(2,20)21)14-10-6-5-9-13(14)17-15(19)11-7-3-4-8-12(11)16/h3-10H,1-2H3,(H,17,19). The van der Waals surface area contributed by atoms with Gasteiger partial charge >= 0.3 is 0 Å². The minimum Gasteiger partial charge on any atom is -0.320 e. The molecule has 0 unspecified atom stereocenters. The molecule has 5 nitrogen and oxygen atoms in total. The van der Waals surface area contributed by atoms with E-state index in [0.717, 1.165) is 10.6 Å². The lowest BCUT2D eigenvalue weighted by molar-refractivity contribution is 0.102. The SMILES string of the molecule is CN(c1ccccc1NC(=O)c1ccccc1Cl)S(C)(=O)=O. The van der Waals surface area contributed by atoms with Crippen molar-refractivity contribution in [2.45, 2.75) is 0 Å². The minimum atomic E-state index is -3.43. The summed E-state index contributed by atoms with van der Waals surface area (Å²) in [6.45, 7) is 0. The van der Waals surface area contributed by atoms with E-state index in [0.29, 0.717) is 22.0 Å². The molecule has 0 aliphatic carbocycles. The molecule has 0 fully saturated rings. The van der Waals surface area contributed by atoms with Crippen LogP contribution < -0.4 is 9.62 Å². The Morgan fingerprint density at radius 1 is 1.09 bits per heavy atom. The Bertz CT molecular complexity index is 806. The fourth-order valence-electron chi connectivity index (χ4n) is 1.87. The van der Waals surface area contributed by atoms with Gasteiger partial charge in [0.2, 0.25) is 10.0 Å². The average molecular weight is 339 g/mol. The molecule has 7 heteroatoms. The van der Waals surface area contributed by atoms with Crippen molar-refractivity contribution in [2.75, 3.05) is 22.9 Å². The molecule has 1 amide bonds. The molecule has 0 atom stereocenters. The van der Waals surface area contributed by atoms with E-state index < -0.39 is 15.9 Å². The van der Waals surface area contributed by atoms with Crippen molar-refractivity contribution in [3.05, 3.63) is 59.1 Å². The number of halogens is 1. The van der Waals surface area contributed by atoms with Crippen LogP contribution in [0.15, 0.2) is 48.5 Å². The molecule has 0 aliphatic rings. The maximum absolute atomic E-state index is 12.3. The summed E-state index contributed by atoms with van der Waals surface area (Å²) in [4.78, 5) is 12.3. The molecule has 2 aromatic carbocycles. The third-order valence-electron chi connectivity index (χ3n) is 3.11. The molecular weight excluding hydrogens is 324 g/mol. The smallest absolute Gasteiger partial charge is 0.257 e. The Balaban J connectivity index is 2.35. The maximum atomic E-state index is 12.3. The monoisotopic (exact) mass is 338 g/mol. The van der Waals surface area contributed by atoms with Gasteiger partial charge in [-0.3, -0.25) is 9.10 Å². The van der Waals surface area contributed by atoms with Crippen molar-refractivity contribution < 1.29 is 13.2 Å². The van der Waals surface area contributed by atoms with Crippen LogP contribution in [0.25, 0.3) is 0 Å². The second kappa shape index (κ2) is 6.37. The molecule has 116 valence electrons. The van der Waals surface area contributed by atoms with E-state index in [9.17, 15) is 13.2 Å². The molecule has 0 heterocycles. The maximum Gasteiger partial charge on any atom is 0.257 e. The summed E-state index contributed by atoms with van der Waals surface area (Å²) < 4.78 is 24.5. The van der Waals surface area contributed by atoms with Crippen molar-refractivity contribution in [1.29, 1.82) is 0 Å². The molecule has 0 aromatic heterocycles. The number of nitrogens with zero attached hydrogens (tertiary/aromatic N) is 1. The zero-order valence-electron chi connectivity index (χ0n) is 12.1. The molecule has 0 radical (unpaired) electrons. The Morgan fingerprint density at radius 2 is 1.68 bits per heavy atom. The van der Waals surface area contributed by atoms with Crippen LogP contribution in [0.3, 0.4) is 0 Å². The van der Waals surface area contributed by atoms with E-state index in [-0.39, 0.29) is 0 Å². The number of hydrogen-bond donors (Lipinski definition) is 1. The summed E-state index contributed by atoms with van der Waals surface area (Å²) in [7, 11) is -2.00. The summed E-state index contributed by atoms with van der Waals surface area (Å²) >= 11 is 5.99. The van der Waals surface area contributed by atoms with Gasteiger partial charge in [0.05, 0.1) is 28.2 Å². The summed E-state index contributed by atoms with van der Waals surface area (Å²) in [5.74, 6) is -0.403. The highest BCUT2D eigenvalue weighted by atomic mass is 35.5. The van der Waals surface area contributed by atoms with Gasteiger partial charge in [0, 0.05) is 7.05 Å². The molecule has 0 bridgehead atoms. The van der Waals surface area contributed by atoms with Gasteiger partial charge in [-0.1, -0.05) is 35.9 Å². The number of carbonyl (C=O) groups excluding carboxylic acids is 1. The lowest BCUT2D eigenvalue weighted by atomic mass is 10.2. The van der Waals surface area contributed by atoms with Crippen LogP contribution >= 0.6 is 11.6 Å². The van der Waals surface area contributed by atoms with Gasteiger partial charge in [-0.2, -0.15) is 0 Å². The predicted octanol–water partition coefficient (Wildman–Crippen LogP) is 2.99.